The highest BCUT2D eigenvalue weighted by atomic mass is 35.5. The molecule has 0 aliphatic carbocycles. The summed E-state index contributed by atoms with van der Waals surface area (Å²) in [7, 11) is 0. The van der Waals surface area contributed by atoms with Gasteiger partial charge in [-0.15, -0.1) is 6.58 Å². The zero-order valence-electron chi connectivity index (χ0n) is 18.5. The first-order valence-electron chi connectivity index (χ1n) is 10.4. The van der Waals surface area contributed by atoms with Crippen molar-refractivity contribution in [1.29, 1.82) is 0 Å². The highest BCUT2D eigenvalue weighted by molar-refractivity contribution is 7.80. The number of carbonyl (C=O) groups is 1. The lowest BCUT2D eigenvalue weighted by atomic mass is 9.98. The van der Waals surface area contributed by atoms with Crippen molar-refractivity contribution in [2.24, 2.45) is 11.8 Å². The van der Waals surface area contributed by atoms with E-state index in [-0.39, 0.29) is 11.8 Å². The molecular formula is C25H32Cl2N2OS. The maximum atomic E-state index is 11.9. The van der Waals surface area contributed by atoms with E-state index in [2.05, 4.69) is 31.1 Å². The van der Waals surface area contributed by atoms with Gasteiger partial charge in [0.05, 0.1) is 10.9 Å². The number of hydrogen-bond acceptors (Lipinski definition) is 2. The van der Waals surface area contributed by atoms with Gasteiger partial charge in [-0.05, 0) is 68.0 Å². The lowest BCUT2D eigenvalue weighted by Gasteiger charge is -2.23. The van der Waals surface area contributed by atoms with E-state index in [1.54, 1.807) is 12.1 Å². The maximum absolute atomic E-state index is 11.9. The van der Waals surface area contributed by atoms with Crippen molar-refractivity contribution in [2.75, 3.05) is 11.9 Å². The zero-order chi connectivity index (χ0) is 23.2. The molecule has 1 aliphatic heterocycles. The molecule has 0 radical (unpaired) electrons. The predicted octanol–water partition coefficient (Wildman–Crippen LogP) is 7.47. The number of halogens is 2. The molecule has 1 atom stereocenters. The Bertz CT molecular complexity index is 828. The molecule has 3 rings (SSSR count). The summed E-state index contributed by atoms with van der Waals surface area (Å²) < 4.78 is 0. The van der Waals surface area contributed by atoms with Gasteiger partial charge in [0.2, 0.25) is 5.91 Å². The van der Waals surface area contributed by atoms with Crippen LogP contribution in [0.5, 0.6) is 0 Å². The zero-order valence-corrected chi connectivity index (χ0v) is 20.8. The fourth-order valence-electron chi connectivity index (χ4n) is 2.71. The number of hydrogen-bond donors (Lipinski definition) is 2. The number of amides is 1. The molecule has 0 spiro atoms. The van der Waals surface area contributed by atoms with Crippen molar-refractivity contribution >= 4 is 52.0 Å². The number of thiocarbonyl (C=S) groups is 1. The first-order chi connectivity index (χ1) is 14.7. The molecule has 1 aliphatic rings. The van der Waals surface area contributed by atoms with E-state index in [9.17, 15) is 4.79 Å². The molecule has 1 unspecified atom stereocenters. The van der Waals surface area contributed by atoms with E-state index in [1.807, 2.05) is 49.4 Å². The van der Waals surface area contributed by atoms with E-state index in [4.69, 9.17) is 35.4 Å². The average Bonchev–Trinajstić information content (AvgIpc) is 2.69. The van der Waals surface area contributed by atoms with Crippen LogP contribution in [-0.4, -0.2) is 17.4 Å². The minimum Gasteiger partial charge on any atom is -0.379 e. The number of benzene rings is 2. The standard InChI is InChI=1S/C12H13ClN2OS.C7H7Cl.C6H12/c13-9-2-1-3-10(6-9)15-12(16)8-4-5-11(17)14-7-8;1-6-3-2-4-7(8)5-6;1-4-5-6(2)3/h1-3,6,8H,4-5,7H2,(H,14,17)(H,15,16);2-5H,1H3;4,6H,1,5H2,2-3H3. The Labute approximate surface area is 202 Å². The molecule has 0 bridgehead atoms. The molecule has 1 saturated heterocycles. The largest absolute Gasteiger partial charge is 0.379 e. The summed E-state index contributed by atoms with van der Waals surface area (Å²) in [5, 5.41) is 7.34. The summed E-state index contributed by atoms with van der Waals surface area (Å²) in [4.78, 5) is 12.8. The van der Waals surface area contributed by atoms with E-state index in [0.29, 0.717) is 11.6 Å². The number of nitrogens with one attached hydrogen (secondary N) is 2. The summed E-state index contributed by atoms with van der Waals surface area (Å²) >= 11 is 16.5. The third-order valence-electron chi connectivity index (χ3n) is 4.35. The Kier molecular flexibility index (Phi) is 13.1. The van der Waals surface area contributed by atoms with Crippen LogP contribution < -0.4 is 10.6 Å². The molecule has 2 aromatic carbocycles. The van der Waals surface area contributed by atoms with Crippen LogP contribution in [0.2, 0.25) is 10.0 Å². The van der Waals surface area contributed by atoms with Gasteiger partial charge in [0.1, 0.15) is 0 Å². The summed E-state index contributed by atoms with van der Waals surface area (Å²) in [6, 6.07) is 14.9. The highest BCUT2D eigenvalue weighted by Gasteiger charge is 2.22. The Balaban J connectivity index is 0.000000284. The van der Waals surface area contributed by atoms with Gasteiger partial charge in [-0.25, -0.2) is 0 Å². The van der Waals surface area contributed by atoms with Crippen molar-refractivity contribution in [3.8, 4) is 0 Å². The van der Waals surface area contributed by atoms with Gasteiger partial charge in [0, 0.05) is 22.3 Å². The van der Waals surface area contributed by atoms with Crippen LogP contribution in [-0.2, 0) is 4.79 Å². The SMILES string of the molecule is C=CCC(C)C.Cc1cccc(Cl)c1.O=C(Nc1cccc(Cl)c1)C1CCC(=S)NC1. The Morgan fingerprint density at radius 2 is 1.87 bits per heavy atom. The van der Waals surface area contributed by atoms with Crippen molar-refractivity contribution < 1.29 is 4.79 Å². The second-order valence-electron chi connectivity index (χ2n) is 7.76. The molecule has 2 N–H and O–H groups in total. The number of anilines is 1. The minimum absolute atomic E-state index is 0.0160. The molecular weight excluding hydrogens is 447 g/mol. The molecule has 0 aromatic heterocycles. The fraction of sp³-hybridized carbons (Fsp3) is 0.360. The molecule has 1 heterocycles. The molecule has 6 heteroatoms. The molecule has 2 aromatic rings. The molecule has 3 nitrogen and oxygen atoms in total. The Hall–Kier alpha value is -1.88. The molecule has 0 saturated carbocycles. The van der Waals surface area contributed by atoms with Crippen LogP contribution >= 0.6 is 35.4 Å². The van der Waals surface area contributed by atoms with Gasteiger partial charge in [-0.2, -0.15) is 0 Å². The van der Waals surface area contributed by atoms with Crippen LogP contribution in [0.1, 0.15) is 38.7 Å². The van der Waals surface area contributed by atoms with Crippen LogP contribution in [0, 0.1) is 18.8 Å². The number of allylic oxidation sites excluding steroid dienone is 1. The molecule has 1 amide bonds. The van der Waals surface area contributed by atoms with Crippen LogP contribution in [0.3, 0.4) is 0 Å². The topological polar surface area (TPSA) is 41.1 Å². The van der Waals surface area contributed by atoms with Crippen LogP contribution in [0.15, 0.2) is 61.2 Å². The molecule has 168 valence electrons. The lowest BCUT2D eigenvalue weighted by molar-refractivity contribution is -0.120. The lowest BCUT2D eigenvalue weighted by Crippen LogP contribution is -2.39. The first-order valence-corrected chi connectivity index (χ1v) is 11.5. The van der Waals surface area contributed by atoms with Crippen molar-refractivity contribution in [3.63, 3.8) is 0 Å². The van der Waals surface area contributed by atoms with Gasteiger partial charge in [0.25, 0.3) is 0 Å². The average molecular weight is 480 g/mol. The third kappa shape index (κ3) is 12.5. The maximum Gasteiger partial charge on any atom is 0.229 e. The van der Waals surface area contributed by atoms with Gasteiger partial charge in [-0.3, -0.25) is 4.79 Å². The normalized spacial score (nSPS) is 14.9. The van der Waals surface area contributed by atoms with Gasteiger partial charge in [-0.1, -0.05) is 73.5 Å². The first kappa shape index (κ1) is 27.2. The van der Waals surface area contributed by atoms with E-state index in [1.165, 1.54) is 5.56 Å². The molecule has 31 heavy (non-hydrogen) atoms. The Morgan fingerprint density at radius 3 is 2.29 bits per heavy atom. The van der Waals surface area contributed by atoms with Crippen LogP contribution in [0.25, 0.3) is 0 Å². The van der Waals surface area contributed by atoms with E-state index >= 15 is 0 Å². The van der Waals surface area contributed by atoms with Crippen molar-refractivity contribution in [2.45, 2.75) is 40.0 Å². The monoisotopic (exact) mass is 478 g/mol. The van der Waals surface area contributed by atoms with Gasteiger partial charge < -0.3 is 10.6 Å². The number of carbonyl (C=O) groups excluding carboxylic acids is 1. The summed E-state index contributed by atoms with van der Waals surface area (Å²) in [5.41, 5.74) is 1.94. The smallest absolute Gasteiger partial charge is 0.229 e. The van der Waals surface area contributed by atoms with Crippen molar-refractivity contribution in [3.05, 3.63) is 76.8 Å². The van der Waals surface area contributed by atoms with Gasteiger partial charge in [0.15, 0.2) is 0 Å². The Morgan fingerprint density at radius 1 is 1.23 bits per heavy atom. The number of aryl methyl sites for hydroxylation is 1. The fourth-order valence-corrected chi connectivity index (χ4v) is 3.34. The van der Waals surface area contributed by atoms with Gasteiger partial charge >= 0.3 is 0 Å². The molecule has 1 fully saturated rings. The third-order valence-corrected chi connectivity index (χ3v) is 5.17. The summed E-state index contributed by atoms with van der Waals surface area (Å²) in [6.45, 7) is 10.6. The van der Waals surface area contributed by atoms with Crippen LogP contribution in [0.4, 0.5) is 5.69 Å². The summed E-state index contributed by atoms with van der Waals surface area (Å²) in [5.74, 6) is 0.769. The minimum atomic E-state index is -0.0271. The highest BCUT2D eigenvalue weighted by Crippen LogP contribution is 2.18. The predicted molar refractivity (Wildman–Crippen MR) is 139 cm³/mol. The second-order valence-corrected chi connectivity index (χ2v) is 9.12. The number of piperidine rings is 1. The number of rotatable bonds is 4. The summed E-state index contributed by atoms with van der Waals surface area (Å²) in [6.07, 6.45) is 4.67. The quantitative estimate of drug-likeness (QED) is 0.353. The van der Waals surface area contributed by atoms with E-state index < -0.39 is 0 Å². The van der Waals surface area contributed by atoms with E-state index in [0.717, 1.165) is 40.9 Å². The van der Waals surface area contributed by atoms with Crippen molar-refractivity contribution in [1.82, 2.24) is 5.32 Å². The second kappa shape index (κ2) is 15.0.